The van der Waals surface area contributed by atoms with E-state index < -0.39 is 0 Å². The van der Waals surface area contributed by atoms with Crippen molar-refractivity contribution in [1.29, 1.82) is 0 Å². The van der Waals surface area contributed by atoms with Crippen molar-refractivity contribution in [3.8, 4) is 11.8 Å². The van der Waals surface area contributed by atoms with Crippen molar-refractivity contribution in [2.24, 2.45) is 0 Å². The molecule has 2 rings (SSSR count). The van der Waals surface area contributed by atoms with Gasteiger partial charge in [-0.05, 0) is 55.9 Å². The van der Waals surface area contributed by atoms with Gasteiger partial charge in [-0.25, -0.2) is 4.79 Å². The molecule has 4 heteroatoms. The highest BCUT2D eigenvalue weighted by atomic mass is 16.5. The predicted molar refractivity (Wildman–Crippen MR) is 75.2 cm³/mol. The number of hydrogen-bond donors (Lipinski definition) is 1. The van der Waals surface area contributed by atoms with Crippen LogP contribution in [0.4, 0.5) is 0 Å². The molecule has 0 spiro atoms. The topological polar surface area (TPSA) is 55.4 Å². The van der Waals surface area contributed by atoms with Gasteiger partial charge in [0.05, 0.1) is 12.2 Å². The summed E-state index contributed by atoms with van der Waals surface area (Å²) in [5.41, 5.74) is 2.81. The first-order valence-electron chi connectivity index (χ1n) is 6.66. The molecule has 4 nitrogen and oxygen atoms in total. The highest BCUT2D eigenvalue weighted by Crippen LogP contribution is 2.23. The molecule has 0 bridgehead atoms. The summed E-state index contributed by atoms with van der Waals surface area (Å²) in [5.74, 6) is 4.49. The van der Waals surface area contributed by atoms with E-state index in [1.165, 1.54) is 0 Å². The van der Waals surface area contributed by atoms with Gasteiger partial charge in [0.15, 0.2) is 0 Å². The minimum Gasteiger partial charge on any atom is -0.462 e. The van der Waals surface area contributed by atoms with Crippen LogP contribution in [0.5, 0.6) is 0 Å². The van der Waals surface area contributed by atoms with Crippen LogP contribution in [-0.2, 0) is 22.4 Å². The summed E-state index contributed by atoms with van der Waals surface area (Å²) in [6.45, 7) is 3.78. The zero-order chi connectivity index (χ0) is 14.5. The van der Waals surface area contributed by atoms with Crippen molar-refractivity contribution in [1.82, 2.24) is 5.32 Å². The van der Waals surface area contributed by atoms with Gasteiger partial charge >= 0.3 is 5.97 Å². The van der Waals surface area contributed by atoms with Crippen molar-refractivity contribution in [3.05, 3.63) is 34.9 Å². The summed E-state index contributed by atoms with van der Waals surface area (Å²) in [6.07, 6.45) is 1.50. The molecule has 0 saturated carbocycles. The first-order valence-corrected chi connectivity index (χ1v) is 6.66. The van der Waals surface area contributed by atoms with Crippen molar-refractivity contribution in [2.75, 3.05) is 6.61 Å². The number of amides is 1. The molecule has 0 fully saturated rings. The third-order valence-electron chi connectivity index (χ3n) is 3.22. The smallest absolute Gasteiger partial charge is 0.338 e. The Balaban J connectivity index is 2.06. The molecule has 0 radical (unpaired) electrons. The Kier molecular flexibility index (Phi) is 4.41. The molecule has 0 saturated heterocycles. The lowest BCUT2D eigenvalue weighted by molar-refractivity contribution is -0.116. The fourth-order valence-corrected chi connectivity index (χ4v) is 2.40. The van der Waals surface area contributed by atoms with Gasteiger partial charge in [0, 0.05) is 6.04 Å². The number of fused-ring (bicyclic) bond motifs is 1. The minimum atomic E-state index is -0.306. The molecule has 104 valence electrons. The Morgan fingerprint density at radius 1 is 1.35 bits per heavy atom. The lowest BCUT2D eigenvalue weighted by Crippen LogP contribution is -2.34. The number of benzene rings is 1. The molecule has 1 N–H and O–H groups in total. The molecular weight excluding hydrogens is 254 g/mol. The Morgan fingerprint density at radius 3 is 2.80 bits per heavy atom. The first-order chi connectivity index (χ1) is 9.63. The van der Waals surface area contributed by atoms with Crippen molar-refractivity contribution < 1.29 is 14.3 Å². The van der Waals surface area contributed by atoms with Crippen molar-refractivity contribution in [2.45, 2.75) is 32.7 Å². The van der Waals surface area contributed by atoms with Crippen LogP contribution in [0.1, 0.15) is 35.3 Å². The van der Waals surface area contributed by atoms with Gasteiger partial charge in [-0.15, -0.1) is 0 Å². The third kappa shape index (κ3) is 3.18. The number of ether oxygens (including phenoxy) is 1. The molecule has 0 aromatic heterocycles. The molecule has 1 amide bonds. The predicted octanol–water partition coefficient (Wildman–Crippen LogP) is 1.47. The van der Waals surface area contributed by atoms with Crippen LogP contribution >= 0.6 is 0 Å². The van der Waals surface area contributed by atoms with Crippen LogP contribution in [0, 0.1) is 11.8 Å². The van der Waals surface area contributed by atoms with E-state index in [1.54, 1.807) is 19.9 Å². The van der Waals surface area contributed by atoms with E-state index in [0.29, 0.717) is 12.2 Å². The van der Waals surface area contributed by atoms with Gasteiger partial charge in [0.1, 0.15) is 0 Å². The van der Waals surface area contributed by atoms with Crippen LogP contribution in [0.3, 0.4) is 0 Å². The van der Waals surface area contributed by atoms with Gasteiger partial charge in [-0.1, -0.05) is 12.0 Å². The Bertz CT molecular complexity index is 595. The molecular formula is C16H17NO3. The second-order valence-electron chi connectivity index (χ2n) is 4.66. The van der Waals surface area contributed by atoms with E-state index in [2.05, 4.69) is 17.2 Å². The molecule has 0 aliphatic heterocycles. The fourth-order valence-electron chi connectivity index (χ4n) is 2.40. The summed E-state index contributed by atoms with van der Waals surface area (Å²) in [6, 6.07) is 5.60. The van der Waals surface area contributed by atoms with Crippen LogP contribution in [0.25, 0.3) is 0 Å². The molecule has 1 aromatic carbocycles. The van der Waals surface area contributed by atoms with E-state index in [1.807, 2.05) is 12.1 Å². The molecule has 1 aromatic rings. The summed E-state index contributed by atoms with van der Waals surface area (Å²) in [7, 11) is 0. The van der Waals surface area contributed by atoms with Crippen LogP contribution < -0.4 is 5.32 Å². The zero-order valence-corrected chi connectivity index (χ0v) is 11.7. The van der Waals surface area contributed by atoms with Gasteiger partial charge in [0.25, 0.3) is 5.91 Å². The van der Waals surface area contributed by atoms with Crippen LogP contribution in [0.2, 0.25) is 0 Å². The molecule has 20 heavy (non-hydrogen) atoms. The Morgan fingerprint density at radius 2 is 2.10 bits per heavy atom. The Hall–Kier alpha value is -2.28. The highest BCUT2D eigenvalue weighted by Gasteiger charge is 2.23. The maximum absolute atomic E-state index is 11.7. The van der Waals surface area contributed by atoms with E-state index in [9.17, 15) is 9.59 Å². The lowest BCUT2D eigenvalue weighted by atomic mass is 10.1. The average molecular weight is 271 g/mol. The van der Waals surface area contributed by atoms with Crippen molar-refractivity contribution in [3.63, 3.8) is 0 Å². The molecule has 1 aliphatic carbocycles. The largest absolute Gasteiger partial charge is 0.462 e. The van der Waals surface area contributed by atoms with Gasteiger partial charge < -0.3 is 10.1 Å². The minimum absolute atomic E-state index is 0.0517. The molecule has 1 unspecified atom stereocenters. The Labute approximate surface area is 118 Å². The van der Waals surface area contributed by atoms with E-state index in [4.69, 9.17) is 4.74 Å². The van der Waals surface area contributed by atoms with Crippen LogP contribution in [-0.4, -0.2) is 24.5 Å². The summed E-state index contributed by atoms with van der Waals surface area (Å²) >= 11 is 0. The molecule has 1 aliphatic rings. The maximum atomic E-state index is 11.7. The lowest BCUT2D eigenvalue weighted by Gasteiger charge is -2.08. The zero-order valence-electron chi connectivity index (χ0n) is 11.7. The number of esters is 1. The fraction of sp³-hybridized carbons (Fsp3) is 0.375. The van der Waals surface area contributed by atoms with Gasteiger partial charge in [0.2, 0.25) is 0 Å². The standard InChI is InChI=1S/C16H17NO3/c1-3-5-15(18)17-14-9-11-6-7-12(8-13(11)10-14)16(19)20-4-2/h6-8,14H,4,9-10H2,1-2H3,(H,17,18). The number of nitrogens with one attached hydrogen (secondary N) is 1. The van der Waals surface area contributed by atoms with Gasteiger partial charge in [-0.2, -0.15) is 0 Å². The number of rotatable bonds is 3. The average Bonchev–Trinajstić information content (AvgIpc) is 2.80. The monoisotopic (exact) mass is 271 g/mol. The molecule has 0 heterocycles. The second-order valence-corrected chi connectivity index (χ2v) is 4.66. The van der Waals surface area contributed by atoms with Crippen LogP contribution in [0.15, 0.2) is 18.2 Å². The second kappa shape index (κ2) is 6.25. The number of hydrogen-bond acceptors (Lipinski definition) is 3. The normalized spacial score (nSPS) is 15.8. The van der Waals surface area contributed by atoms with Crippen molar-refractivity contribution >= 4 is 11.9 Å². The van der Waals surface area contributed by atoms with Gasteiger partial charge in [-0.3, -0.25) is 4.79 Å². The third-order valence-corrected chi connectivity index (χ3v) is 3.22. The molecule has 1 atom stereocenters. The highest BCUT2D eigenvalue weighted by molar-refractivity contribution is 5.93. The van der Waals surface area contributed by atoms with E-state index in [0.717, 1.165) is 24.0 Å². The summed E-state index contributed by atoms with van der Waals surface area (Å²) in [4.78, 5) is 23.1. The first kappa shape index (κ1) is 14.1. The quantitative estimate of drug-likeness (QED) is 0.669. The number of carbonyl (C=O) groups is 2. The SMILES string of the molecule is CC#CC(=O)NC1Cc2ccc(C(=O)OCC)cc2C1. The summed E-state index contributed by atoms with van der Waals surface area (Å²) < 4.78 is 4.98. The number of carbonyl (C=O) groups excluding carboxylic acids is 2. The maximum Gasteiger partial charge on any atom is 0.338 e. The van der Waals surface area contributed by atoms with E-state index >= 15 is 0 Å². The summed E-state index contributed by atoms with van der Waals surface area (Å²) in [5, 5.41) is 2.87. The van der Waals surface area contributed by atoms with E-state index in [-0.39, 0.29) is 17.9 Å².